The highest BCUT2D eigenvalue weighted by Crippen LogP contribution is 2.25. The fraction of sp³-hybridized carbons (Fsp3) is 0.500. The van der Waals surface area contributed by atoms with Crippen molar-refractivity contribution in [1.29, 1.82) is 0 Å². The van der Waals surface area contributed by atoms with Gasteiger partial charge in [-0.2, -0.15) is 5.10 Å². The van der Waals surface area contributed by atoms with E-state index in [0.29, 0.717) is 13.0 Å². The fourth-order valence-electron chi connectivity index (χ4n) is 2.59. The maximum Gasteiger partial charge on any atom is 0.320 e. The van der Waals surface area contributed by atoms with Crippen molar-refractivity contribution in [2.45, 2.75) is 12.5 Å². The molecule has 18 heavy (non-hydrogen) atoms. The zero-order chi connectivity index (χ0) is 12.7. The maximum atomic E-state index is 11.9. The molecule has 6 heteroatoms. The van der Waals surface area contributed by atoms with Crippen LogP contribution < -0.4 is 0 Å². The topological polar surface area (TPSA) is 61.6 Å². The van der Waals surface area contributed by atoms with Gasteiger partial charge in [-0.3, -0.25) is 0 Å². The average Bonchev–Trinajstić information content (AvgIpc) is 2.91. The third-order valence-corrected chi connectivity index (χ3v) is 3.58. The minimum absolute atomic E-state index is 0.0714. The standard InChI is InChI=1S/C12H16N4O2/c1-14-10-6-11(8-15(7-10)12(14)18)16-9(3-5-17)2-4-13-16/h2,4,6,10,17H,3,5,7-8H2,1H3. The number of carbonyl (C=O) groups excluding carboxylic acids is 1. The van der Waals surface area contributed by atoms with Gasteiger partial charge in [0.25, 0.3) is 0 Å². The summed E-state index contributed by atoms with van der Waals surface area (Å²) in [5, 5.41) is 13.3. The van der Waals surface area contributed by atoms with Gasteiger partial charge in [-0.05, 0) is 12.1 Å². The molecule has 3 rings (SSSR count). The number of fused-ring (bicyclic) bond motifs is 2. The molecule has 1 fully saturated rings. The largest absolute Gasteiger partial charge is 0.396 e. The maximum absolute atomic E-state index is 11.9. The molecule has 3 heterocycles. The lowest BCUT2D eigenvalue weighted by molar-refractivity contribution is 0.201. The van der Waals surface area contributed by atoms with Crippen molar-refractivity contribution in [1.82, 2.24) is 19.6 Å². The molecule has 2 aliphatic rings. The Balaban J connectivity index is 1.92. The summed E-state index contributed by atoms with van der Waals surface area (Å²) in [6.07, 6.45) is 4.39. The van der Waals surface area contributed by atoms with Gasteiger partial charge in [-0.25, -0.2) is 9.48 Å². The van der Waals surface area contributed by atoms with E-state index in [4.69, 9.17) is 5.11 Å². The van der Waals surface area contributed by atoms with Crippen LogP contribution >= 0.6 is 0 Å². The van der Waals surface area contributed by atoms with Gasteiger partial charge in [-0.15, -0.1) is 0 Å². The molecule has 0 spiro atoms. The van der Waals surface area contributed by atoms with Gasteiger partial charge < -0.3 is 14.9 Å². The lowest BCUT2D eigenvalue weighted by Crippen LogP contribution is -2.32. The number of nitrogens with zero attached hydrogens (tertiary/aromatic N) is 4. The first-order valence-corrected chi connectivity index (χ1v) is 6.07. The van der Waals surface area contributed by atoms with Gasteiger partial charge in [0.05, 0.1) is 18.3 Å². The van der Waals surface area contributed by atoms with E-state index >= 15 is 0 Å². The summed E-state index contributed by atoms with van der Waals surface area (Å²) >= 11 is 0. The minimum atomic E-state index is 0.0714. The molecule has 0 aromatic carbocycles. The van der Waals surface area contributed by atoms with Crippen LogP contribution in [0.1, 0.15) is 5.69 Å². The number of aliphatic hydroxyl groups excluding tert-OH is 1. The first-order chi connectivity index (χ1) is 8.70. The molecule has 1 atom stereocenters. The van der Waals surface area contributed by atoms with E-state index in [1.165, 1.54) is 0 Å². The summed E-state index contributed by atoms with van der Waals surface area (Å²) in [5.74, 6) is 0. The van der Waals surface area contributed by atoms with Crippen LogP contribution in [0.4, 0.5) is 4.79 Å². The molecule has 0 saturated carbocycles. The Hall–Kier alpha value is -1.82. The molecule has 0 radical (unpaired) electrons. The minimum Gasteiger partial charge on any atom is -0.396 e. The number of hydrogen-bond donors (Lipinski definition) is 1. The van der Waals surface area contributed by atoms with Crippen molar-refractivity contribution in [3.63, 3.8) is 0 Å². The van der Waals surface area contributed by atoms with Crippen LogP contribution in [-0.2, 0) is 6.42 Å². The molecule has 2 bridgehead atoms. The van der Waals surface area contributed by atoms with E-state index in [0.717, 1.165) is 17.9 Å². The van der Waals surface area contributed by atoms with Crippen LogP contribution in [0.2, 0.25) is 0 Å². The van der Waals surface area contributed by atoms with Crippen LogP contribution in [0.3, 0.4) is 0 Å². The summed E-state index contributed by atoms with van der Waals surface area (Å²) < 4.78 is 1.84. The third kappa shape index (κ3) is 1.60. The molecule has 1 saturated heterocycles. The summed E-state index contributed by atoms with van der Waals surface area (Å²) in [7, 11) is 1.82. The van der Waals surface area contributed by atoms with E-state index in [1.807, 2.05) is 22.7 Å². The molecular formula is C12H16N4O2. The van der Waals surface area contributed by atoms with Crippen LogP contribution in [0.15, 0.2) is 18.3 Å². The van der Waals surface area contributed by atoms with Crippen LogP contribution in [0.5, 0.6) is 0 Å². The molecule has 1 aromatic heterocycles. The Morgan fingerprint density at radius 3 is 3.11 bits per heavy atom. The van der Waals surface area contributed by atoms with Crippen molar-refractivity contribution in [3.05, 3.63) is 24.0 Å². The zero-order valence-electron chi connectivity index (χ0n) is 10.3. The second-order valence-electron chi connectivity index (χ2n) is 4.71. The van der Waals surface area contributed by atoms with E-state index in [2.05, 4.69) is 11.2 Å². The number of likely N-dealkylation sites (N-methyl/N-ethyl adjacent to an activating group) is 1. The molecule has 1 N–H and O–H groups in total. The van der Waals surface area contributed by atoms with Crippen molar-refractivity contribution < 1.29 is 9.90 Å². The Morgan fingerprint density at radius 1 is 1.56 bits per heavy atom. The number of carbonyl (C=O) groups is 1. The summed E-state index contributed by atoms with van der Waals surface area (Å²) in [6.45, 7) is 1.44. The van der Waals surface area contributed by atoms with E-state index in [9.17, 15) is 4.79 Å². The molecule has 0 aliphatic carbocycles. The van der Waals surface area contributed by atoms with E-state index < -0.39 is 0 Å². The van der Waals surface area contributed by atoms with Crippen LogP contribution in [0.25, 0.3) is 5.70 Å². The van der Waals surface area contributed by atoms with Gasteiger partial charge in [0.2, 0.25) is 0 Å². The predicted molar refractivity (Wildman–Crippen MR) is 65.8 cm³/mol. The van der Waals surface area contributed by atoms with Gasteiger partial charge in [0.15, 0.2) is 0 Å². The van der Waals surface area contributed by atoms with E-state index in [1.54, 1.807) is 11.1 Å². The molecule has 1 aromatic rings. The first kappa shape index (κ1) is 11.3. The molecule has 96 valence electrons. The second-order valence-corrected chi connectivity index (χ2v) is 4.71. The van der Waals surface area contributed by atoms with Gasteiger partial charge in [-0.1, -0.05) is 0 Å². The normalized spacial score (nSPS) is 22.7. The molecule has 6 nitrogen and oxygen atoms in total. The van der Waals surface area contributed by atoms with Crippen molar-refractivity contribution in [2.24, 2.45) is 0 Å². The predicted octanol–water partition coefficient (Wildman–Crippen LogP) is 0.00840. The van der Waals surface area contributed by atoms with Gasteiger partial charge in [0.1, 0.15) is 0 Å². The summed E-state index contributed by atoms with van der Waals surface area (Å²) in [6, 6.07) is 2.10. The van der Waals surface area contributed by atoms with E-state index in [-0.39, 0.29) is 18.7 Å². The summed E-state index contributed by atoms with van der Waals surface area (Å²) in [4.78, 5) is 15.4. The lowest BCUT2D eigenvalue weighted by atomic mass is 10.1. The highest BCUT2D eigenvalue weighted by molar-refractivity contribution is 5.80. The number of hydrogen-bond acceptors (Lipinski definition) is 3. The quantitative estimate of drug-likeness (QED) is 0.819. The molecule has 1 unspecified atom stereocenters. The number of aliphatic hydroxyl groups is 1. The van der Waals surface area contributed by atoms with Crippen molar-refractivity contribution >= 4 is 11.7 Å². The first-order valence-electron chi connectivity index (χ1n) is 6.07. The van der Waals surface area contributed by atoms with Gasteiger partial charge in [0, 0.05) is 38.5 Å². The number of rotatable bonds is 3. The van der Waals surface area contributed by atoms with Gasteiger partial charge >= 0.3 is 6.03 Å². The zero-order valence-corrected chi connectivity index (χ0v) is 10.3. The number of aromatic nitrogens is 2. The van der Waals surface area contributed by atoms with Crippen molar-refractivity contribution in [2.75, 3.05) is 26.7 Å². The fourth-order valence-corrected chi connectivity index (χ4v) is 2.59. The Bertz CT molecular complexity index is 508. The molecule has 2 amide bonds. The number of urea groups is 1. The Kier molecular flexibility index (Phi) is 2.59. The summed E-state index contributed by atoms with van der Waals surface area (Å²) in [5.41, 5.74) is 1.98. The molecular weight excluding hydrogens is 232 g/mol. The van der Waals surface area contributed by atoms with Crippen molar-refractivity contribution in [3.8, 4) is 0 Å². The molecule has 2 aliphatic heterocycles. The highest BCUT2D eigenvalue weighted by Gasteiger charge is 2.37. The Morgan fingerprint density at radius 2 is 2.39 bits per heavy atom. The van der Waals surface area contributed by atoms with Crippen LogP contribution in [-0.4, -0.2) is 63.5 Å². The average molecular weight is 248 g/mol. The lowest BCUT2D eigenvalue weighted by Gasteiger charge is -2.22. The second kappa shape index (κ2) is 4.13. The number of amides is 2. The Labute approximate surface area is 105 Å². The third-order valence-electron chi connectivity index (χ3n) is 3.58. The smallest absolute Gasteiger partial charge is 0.320 e. The SMILES string of the molecule is CN1C(=O)N2CC(n3nccc3CCO)=CC1C2. The highest BCUT2D eigenvalue weighted by atomic mass is 16.3. The monoisotopic (exact) mass is 248 g/mol. The van der Waals surface area contributed by atoms with Crippen LogP contribution in [0, 0.1) is 0 Å².